The molecule has 0 radical (unpaired) electrons. The number of piperidine rings is 1. The topological polar surface area (TPSA) is 74.3 Å². The van der Waals surface area contributed by atoms with E-state index in [1.54, 1.807) is 11.0 Å². The van der Waals surface area contributed by atoms with Crippen molar-refractivity contribution in [3.63, 3.8) is 0 Å². The number of nitrogens with zero attached hydrogens (tertiary/aromatic N) is 3. The summed E-state index contributed by atoms with van der Waals surface area (Å²) in [7, 11) is 0. The number of anilines is 1. The van der Waals surface area contributed by atoms with Crippen molar-refractivity contribution >= 4 is 34.7 Å². The van der Waals surface area contributed by atoms with Gasteiger partial charge in [-0.15, -0.1) is 0 Å². The van der Waals surface area contributed by atoms with Crippen LogP contribution in [0.15, 0.2) is 34.6 Å². The fraction of sp³-hybridized carbons (Fsp3) is 0.550. The molecule has 1 unspecified atom stereocenters. The van der Waals surface area contributed by atoms with Gasteiger partial charge in [-0.3, -0.25) is 4.90 Å². The van der Waals surface area contributed by atoms with Gasteiger partial charge in [0.2, 0.25) is 0 Å². The van der Waals surface area contributed by atoms with Crippen LogP contribution in [0.1, 0.15) is 19.8 Å². The lowest BCUT2D eigenvalue weighted by molar-refractivity contribution is -0.108. The molecule has 1 aromatic rings. The first-order chi connectivity index (χ1) is 14.5. The van der Waals surface area contributed by atoms with Gasteiger partial charge >= 0.3 is 6.18 Å². The Balaban J connectivity index is 1.69. The Morgan fingerprint density at radius 1 is 1.26 bits per heavy atom. The van der Waals surface area contributed by atoms with Gasteiger partial charge in [0, 0.05) is 24.5 Å². The van der Waals surface area contributed by atoms with Crippen LogP contribution < -0.4 is 10.6 Å². The Labute approximate surface area is 188 Å². The Bertz CT molecular complexity index is 929. The molecule has 1 spiro atoms. The number of aliphatic hydroxyl groups excluding tert-OH is 1. The number of likely N-dealkylation sites (tertiary alicyclic amines) is 1. The maximum atomic E-state index is 14.1. The van der Waals surface area contributed by atoms with Gasteiger partial charge in [0.1, 0.15) is 17.2 Å². The summed E-state index contributed by atoms with van der Waals surface area (Å²) < 4.78 is 47.8. The van der Waals surface area contributed by atoms with Crippen LogP contribution in [0.25, 0.3) is 0 Å². The van der Waals surface area contributed by atoms with E-state index >= 15 is 0 Å². The molecule has 4 rings (SSSR count). The second kappa shape index (κ2) is 8.12. The monoisotopic (exact) mass is 478 g/mol. The van der Waals surface area contributed by atoms with E-state index in [-0.39, 0.29) is 38.8 Å². The lowest BCUT2D eigenvalue weighted by Gasteiger charge is -2.44. The number of aliphatic hydroxyl groups is 1. The van der Waals surface area contributed by atoms with E-state index in [4.69, 9.17) is 33.7 Å². The standard InChI is InChI=1S/C20H23Cl2F3N4O2/c1-11-27-17(28-7-5-19(6-8-28)10-31-9-14(19)26)15(20(23,24)25)18(30)29(11)13-4-2-3-12(21)16(13)22/h2-4,14,18,30H,5-10,26H2,1H3/t14-,18?/m0/s1. The zero-order valence-electron chi connectivity index (χ0n) is 16.8. The smallest absolute Gasteiger partial charge is 0.379 e. The van der Waals surface area contributed by atoms with Gasteiger partial charge in [-0.2, -0.15) is 13.2 Å². The van der Waals surface area contributed by atoms with Gasteiger partial charge in [-0.25, -0.2) is 4.99 Å². The minimum absolute atomic E-state index is 0.0397. The SMILES string of the molecule is CC1=NC(N2CCC3(CC2)COC[C@@H]3N)=C(C(F)(F)F)C(O)N1c1cccc(Cl)c1Cl. The van der Waals surface area contributed by atoms with E-state index in [9.17, 15) is 18.3 Å². The molecular weight excluding hydrogens is 456 g/mol. The third-order valence-corrected chi connectivity index (χ3v) is 7.20. The van der Waals surface area contributed by atoms with Crippen LogP contribution in [0.2, 0.25) is 10.0 Å². The molecule has 2 fully saturated rings. The predicted molar refractivity (Wildman–Crippen MR) is 113 cm³/mol. The van der Waals surface area contributed by atoms with Gasteiger partial charge in [-0.05, 0) is 31.9 Å². The zero-order chi connectivity index (χ0) is 22.6. The number of hydrogen-bond donors (Lipinski definition) is 2. The number of nitrogens with two attached hydrogens (primary N) is 1. The maximum absolute atomic E-state index is 14.1. The van der Waals surface area contributed by atoms with Crippen LogP contribution in [-0.2, 0) is 4.74 Å². The van der Waals surface area contributed by atoms with Crippen molar-refractivity contribution in [2.45, 2.75) is 38.2 Å². The highest BCUT2D eigenvalue weighted by Crippen LogP contribution is 2.44. The minimum Gasteiger partial charge on any atom is -0.379 e. The van der Waals surface area contributed by atoms with E-state index in [0.29, 0.717) is 39.1 Å². The molecule has 3 aliphatic rings. The van der Waals surface area contributed by atoms with Crippen LogP contribution in [0, 0.1) is 5.41 Å². The third-order valence-electron chi connectivity index (χ3n) is 6.39. The number of benzene rings is 1. The van der Waals surface area contributed by atoms with E-state index < -0.39 is 18.0 Å². The van der Waals surface area contributed by atoms with Crippen molar-refractivity contribution in [2.75, 3.05) is 31.2 Å². The molecule has 0 saturated carbocycles. The first-order valence-corrected chi connectivity index (χ1v) is 10.7. The largest absolute Gasteiger partial charge is 0.420 e. The first kappa shape index (κ1) is 22.7. The highest BCUT2D eigenvalue weighted by atomic mass is 35.5. The summed E-state index contributed by atoms with van der Waals surface area (Å²) in [5.74, 6) is -0.0879. The fourth-order valence-electron chi connectivity index (χ4n) is 4.54. The van der Waals surface area contributed by atoms with Gasteiger partial charge in [0.15, 0.2) is 6.23 Å². The van der Waals surface area contributed by atoms with Crippen LogP contribution in [0.3, 0.4) is 0 Å². The van der Waals surface area contributed by atoms with Crippen molar-refractivity contribution in [1.82, 2.24) is 4.90 Å². The molecule has 170 valence electrons. The number of amidine groups is 1. The summed E-state index contributed by atoms with van der Waals surface area (Å²) in [5, 5.41) is 11.1. The highest BCUT2D eigenvalue weighted by molar-refractivity contribution is 6.44. The van der Waals surface area contributed by atoms with Gasteiger partial charge in [-0.1, -0.05) is 29.3 Å². The van der Waals surface area contributed by atoms with Crippen LogP contribution in [-0.4, -0.2) is 60.6 Å². The second-order valence-electron chi connectivity index (χ2n) is 8.18. The average molecular weight is 479 g/mol. The summed E-state index contributed by atoms with van der Waals surface area (Å²) in [4.78, 5) is 6.89. The maximum Gasteiger partial charge on any atom is 0.420 e. The number of alkyl halides is 3. The van der Waals surface area contributed by atoms with Crippen molar-refractivity contribution < 1.29 is 23.0 Å². The molecular formula is C20H23Cl2F3N4O2. The Morgan fingerprint density at radius 2 is 1.94 bits per heavy atom. The highest BCUT2D eigenvalue weighted by Gasteiger charge is 2.50. The second-order valence-corrected chi connectivity index (χ2v) is 8.97. The number of ether oxygens (including phenoxy) is 1. The minimum atomic E-state index is -4.80. The predicted octanol–water partition coefficient (Wildman–Crippen LogP) is 3.76. The van der Waals surface area contributed by atoms with Crippen molar-refractivity contribution in [3.05, 3.63) is 39.6 Å². The Morgan fingerprint density at radius 3 is 2.52 bits per heavy atom. The van der Waals surface area contributed by atoms with E-state index in [1.807, 2.05) is 0 Å². The molecule has 11 heteroatoms. The molecule has 1 aromatic carbocycles. The zero-order valence-corrected chi connectivity index (χ0v) is 18.3. The summed E-state index contributed by atoms with van der Waals surface area (Å²) in [6, 6.07) is 4.42. The number of rotatable bonds is 2. The van der Waals surface area contributed by atoms with Gasteiger partial charge < -0.3 is 20.5 Å². The summed E-state index contributed by atoms with van der Waals surface area (Å²) in [5.41, 5.74) is 4.99. The molecule has 3 heterocycles. The van der Waals surface area contributed by atoms with Crippen molar-refractivity contribution in [3.8, 4) is 0 Å². The average Bonchev–Trinajstić information content (AvgIpc) is 3.04. The normalized spacial score (nSPS) is 26.6. The van der Waals surface area contributed by atoms with E-state index in [0.717, 1.165) is 4.90 Å². The van der Waals surface area contributed by atoms with Gasteiger partial charge in [0.05, 0.1) is 28.9 Å². The molecule has 31 heavy (non-hydrogen) atoms. The first-order valence-electron chi connectivity index (χ1n) is 9.91. The molecule has 0 amide bonds. The lowest BCUT2D eigenvalue weighted by Crippen LogP contribution is -2.52. The van der Waals surface area contributed by atoms with Crippen LogP contribution >= 0.6 is 23.2 Å². The Hall–Kier alpha value is -1.52. The molecule has 2 saturated heterocycles. The molecule has 6 nitrogen and oxygen atoms in total. The third kappa shape index (κ3) is 3.91. The van der Waals surface area contributed by atoms with Crippen LogP contribution in [0.5, 0.6) is 0 Å². The number of hydrogen-bond acceptors (Lipinski definition) is 6. The van der Waals surface area contributed by atoms with E-state index in [2.05, 4.69) is 4.99 Å². The number of aliphatic imine (C=N–C) groups is 1. The summed E-state index contributed by atoms with van der Waals surface area (Å²) in [6.07, 6.45) is -5.63. The van der Waals surface area contributed by atoms with Crippen molar-refractivity contribution in [1.29, 1.82) is 0 Å². The molecule has 0 aliphatic carbocycles. The van der Waals surface area contributed by atoms with Crippen molar-refractivity contribution in [2.24, 2.45) is 16.1 Å². The summed E-state index contributed by atoms with van der Waals surface area (Å²) in [6.45, 7) is 3.18. The van der Waals surface area contributed by atoms with Crippen LogP contribution in [0.4, 0.5) is 18.9 Å². The molecule has 0 bridgehead atoms. The Kier molecular flexibility index (Phi) is 5.93. The summed E-state index contributed by atoms with van der Waals surface area (Å²) >= 11 is 12.2. The van der Waals surface area contributed by atoms with Gasteiger partial charge in [0.25, 0.3) is 0 Å². The molecule has 2 atom stereocenters. The molecule has 3 aliphatic heterocycles. The molecule has 0 aromatic heterocycles. The van der Waals surface area contributed by atoms with E-state index in [1.165, 1.54) is 19.1 Å². The molecule has 3 N–H and O–H groups in total. The lowest BCUT2D eigenvalue weighted by atomic mass is 9.75. The fourth-order valence-corrected chi connectivity index (χ4v) is 4.93. The quantitative estimate of drug-likeness (QED) is 0.676. The number of halogens is 5.